The van der Waals surface area contributed by atoms with E-state index in [1.807, 2.05) is 12.1 Å². The van der Waals surface area contributed by atoms with Gasteiger partial charge in [0.05, 0.1) is 0 Å². The van der Waals surface area contributed by atoms with Crippen LogP contribution >= 0.6 is 0 Å². The van der Waals surface area contributed by atoms with E-state index in [9.17, 15) is 22.8 Å². The Hall–Kier alpha value is -3.13. The lowest BCUT2D eigenvalue weighted by Gasteiger charge is -2.20. The number of aromatic nitrogens is 1. The minimum Gasteiger partial charge on any atom is -0.481 e. The maximum Gasteiger partial charge on any atom is 0.431 e. The van der Waals surface area contributed by atoms with Gasteiger partial charge in [0.25, 0.3) is 5.56 Å². The van der Waals surface area contributed by atoms with Crippen LogP contribution in [-0.4, -0.2) is 41.2 Å². The number of benzene rings is 2. The van der Waals surface area contributed by atoms with Crippen molar-refractivity contribution in [1.29, 1.82) is 0 Å². The van der Waals surface area contributed by atoms with Crippen LogP contribution in [0.4, 0.5) is 13.2 Å². The molecule has 5 nitrogen and oxygen atoms in total. The standard InChI is InChI=1S/C24H25F3N2O3/c1-28(2)13-12-16-14-20(23(32)29(3)22(16)24(25,26)27)19-9-5-7-17-15(10-11-21(30)31)6-4-8-18(17)19/h4-9,14H,10-13H2,1-3H3,(H,30,31). The number of aryl methyl sites for hydroxylation is 1. The van der Waals surface area contributed by atoms with Crippen LogP contribution in [0.15, 0.2) is 47.3 Å². The second-order valence-electron chi connectivity index (χ2n) is 8.06. The van der Waals surface area contributed by atoms with Crippen molar-refractivity contribution in [2.24, 2.45) is 7.05 Å². The SMILES string of the molecule is CN(C)CCc1cc(-c2cccc3c(CCC(=O)O)cccc23)c(=O)n(C)c1C(F)(F)F. The molecule has 0 atom stereocenters. The molecule has 1 N–H and O–H groups in total. The van der Waals surface area contributed by atoms with Crippen LogP contribution in [0.3, 0.4) is 0 Å². The number of halogens is 3. The number of aliphatic carboxylic acids is 1. The lowest BCUT2D eigenvalue weighted by molar-refractivity contribution is -0.144. The third-order valence-corrected chi connectivity index (χ3v) is 5.50. The van der Waals surface area contributed by atoms with Gasteiger partial charge in [0.2, 0.25) is 0 Å². The highest BCUT2D eigenvalue weighted by atomic mass is 19.4. The molecule has 1 heterocycles. The summed E-state index contributed by atoms with van der Waals surface area (Å²) in [7, 11) is 4.70. The summed E-state index contributed by atoms with van der Waals surface area (Å²) in [6.07, 6.45) is -4.25. The van der Waals surface area contributed by atoms with Gasteiger partial charge >= 0.3 is 12.1 Å². The van der Waals surface area contributed by atoms with Crippen molar-refractivity contribution in [1.82, 2.24) is 9.47 Å². The monoisotopic (exact) mass is 446 g/mol. The van der Waals surface area contributed by atoms with E-state index in [0.29, 0.717) is 28.5 Å². The number of pyridine rings is 1. The minimum atomic E-state index is -4.66. The summed E-state index contributed by atoms with van der Waals surface area (Å²) in [4.78, 5) is 25.8. The van der Waals surface area contributed by atoms with Gasteiger partial charge in [0.1, 0.15) is 5.69 Å². The normalized spacial score (nSPS) is 12.0. The van der Waals surface area contributed by atoms with E-state index in [-0.39, 0.29) is 24.0 Å². The van der Waals surface area contributed by atoms with Crippen LogP contribution in [0, 0.1) is 0 Å². The summed E-state index contributed by atoms with van der Waals surface area (Å²) in [5.41, 5.74) is -0.0779. The third kappa shape index (κ3) is 4.85. The quantitative estimate of drug-likeness (QED) is 0.586. The van der Waals surface area contributed by atoms with Gasteiger partial charge < -0.3 is 14.6 Å². The van der Waals surface area contributed by atoms with Gasteiger partial charge in [-0.15, -0.1) is 0 Å². The van der Waals surface area contributed by atoms with Crippen molar-refractivity contribution in [3.8, 4) is 11.1 Å². The highest BCUT2D eigenvalue weighted by Gasteiger charge is 2.37. The van der Waals surface area contributed by atoms with Crippen LogP contribution in [0.5, 0.6) is 0 Å². The molecule has 0 saturated carbocycles. The molecular formula is C24H25F3N2O3. The Kier molecular flexibility index (Phi) is 6.74. The Morgan fingerprint density at radius 1 is 1.00 bits per heavy atom. The summed E-state index contributed by atoms with van der Waals surface area (Å²) in [6.45, 7) is 0.398. The molecule has 0 aliphatic carbocycles. The van der Waals surface area contributed by atoms with Crippen LogP contribution < -0.4 is 5.56 Å². The molecule has 0 amide bonds. The van der Waals surface area contributed by atoms with Gasteiger partial charge in [-0.05, 0) is 60.5 Å². The van der Waals surface area contributed by atoms with Gasteiger partial charge in [-0.25, -0.2) is 0 Å². The number of likely N-dealkylation sites (N-methyl/N-ethyl adjacent to an activating group) is 1. The van der Waals surface area contributed by atoms with E-state index >= 15 is 0 Å². The fourth-order valence-corrected chi connectivity index (χ4v) is 3.97. The topological polar surface area (TPSA) is 62.5 Å². The number of carbonyl (C=O) groups is 1. The highest BCUT2D eigenvalue weighted by Crippen LogP contribution is 2.35. The molecule has 0 fully saturated rings. The first-order valence-corrected chi connectivity index (χ1v) is 10.2. The summed E-state index contributed by atoms with van der Waals surface area (Å²) >= 11 is 0. The lowest BCUT2D eigenvalue weighted by Crippen LogP contribution is -2.30. The number of carboxylic acids is 1. The molecule has 3 rings (SSSR count). The molecule has 1 aromatic heterocycles. The summed E-state index contributed by atoms with van der Waals surface area (Å²) in [6, 6.07) is 12.0. The molecule has 2 aromatic carbocycles. The van der Waals surface area contributed by atoms with E-state index in [0.717, 1.165) is 18.0 Å². The largest absolute Gasteiger partial charge is 0.481 e. The average molecular weight is 446 g/mol. The number of rotatable bonds is 7. The Morgan fingerprint density at radius 2 is 1.66 bits per heavy atom. The van der Waals surface area contributed by atoms with Crippen molar-refractivity contribution >= 4 is 16.7 Å². The van der Waals surface area contributed by atoms with Crippen molar-refractivity contribution < 1.29 is 23.1 Å². The van der Waals surface area contributed by atoms with E-state index < -0.39 is 23.4 Å². The van der Waals surface area contributed by atoms with Crippen molar-refractivity contribution in [2.45, 2.75) is 25.4 Å². The lowest BCUT2D eigenvalue weighted by atomic mass is 9.93. The first-order valence-electron chi connectivity index (χ1n) is 10.2. The minimum absolute atomic E-state index is 0.0416. The number of hydrogen-bond acceptors (Lipinski definition) is 3. The fraction of sp³-hybridized carbons (Fsp3) is 0.333. The Labute approximate surface area is 183 Å². The Morgan fingerprint density at radius 3 is 2.28 bits per heavy atom. The van der Waals surface area contributed by atoms with Gasteiger partial charge in [-0.2, -0.15) is 13.2 Å². The molecule has 0 aliphatic rings. The molecule has 0 bridgehead atoms. The van der Waals surface area contributed by atoms with E-state index in [2.05, 4.69) is 0 Å². The van der Waals surface area contributed by atoms with Crippen LogP contribution in [0.1, 0.15) is 23.2 Å². The molecule has 170 valence electrons. The van der Waals surface area contributed by atoms with Gasteiger partial charge in [-0.1, -0.05) is 36.4 Å². The fourth-order valence-electron chi connectivity index (χ4n) is 3.97. The number of alkyl halides is 3. The Bertz CT molecular complexity index is 1210. The molecule has 32 heavy (non-hydrogen) atoms. The molecule has 0 unspecified atom stereocenters. The van der Waals surface area contributed by atoms with Crippen LogP contribution in [-0.2, 0) is 30.9 Å². The van der Waals surface area contributed by atoms with E-state index in [1.54, 1.807) is 43.3 Å². The molecule has 0 spiro atoms. The Balaban J connectivity index is 2.24. The summed E-state index contributed by atoms with van der Waals surface area (Å²) in [5, 5.41) is 10.5. The van der Waals surface area contributed by atoms with Gasteiger partial charge in [0.15, 0.2) is 0 Å². The van der Waals surface area contributed by atoms with Crippen molar-refractivity contribution in [3.05, 3.63) is 69.6 Å². The van der Waals surface area contributed by atoms with Crippen molar-refractivity contribution in [3.63, 3.8) is 0 Å². The molecule has 3 aromatic rings. The first-order chi connectivity index (χ1) is 15.0. The van der Waals surface area contributed by atoms with Gasteiger partial charge in [0, 0.05) is 25.6 Å². The number of carboxylic acid groups (broad SMARTS) is 1. The van der Waals surface area contributed by atoms with E-state index in [4.69, 9.17) is 5.11 Å². The number of hydrogen-bond donors (Lipinski definition) is 1. The third-order valence-electron chi connectivity index (χ3n) is 5.50. The molecule has 0 saturated heterocycles. The number of nitrogens with zero attached hydrogens (tertiary/aromatic N) is 2. The first kappa shape index (κ1) is 23.5. The van der Waals surface area contributed by atoms with Crippen LogP contribution in [0.2, 0.25) is 0 Å². The average Bonchev–Trinajstić information content (AvgIpc) is 2.71. The highest BCUT2D eigenvalue weighted by molar-refractivity contribution is 5.98. The summed E-state index contributed by atoms with van der Waals surface area (Å²) < 4.78 is 42.0. The molecule has 0 radical (unpaired) electrons. The maximum atomic E-state index is 13.8. The smallest absolute Gasteiger partial charge is 0.431 e. The second-order valence-corrected chi connectivity index (χ2v) is 8.06. The summed E-state index contributed by atoms with van der Waals surface area (Å²) in [5.74, 6) is -0.916. The predicted molar refractivity (Wildman–Crippen MR) is 118 cm³/mol. The molecule has 8 heteroatoms. The second kappa shape index (κ2) is 9.16. The van der Waals surface area contributed by atoms with Crippen molar-refractivity contribution in [2.75, 3.05) is 20.6 Å². The zero-order valence-corrected chi connectivity index (χ0v) is 18.2. The van der Waals surface area contributed by atoms with Gasteiger partial charge in [-0.3, -0.25) is 9.59 Å². The van der Waals surface area contributed by atoms with Crippen LogP contribution in [0.25, 0.3) is 21.9 Å². The number of fused-ring (bicyclic) bond motifs is 1. The molecular weight excluding hydrogens is 421 g/mol. The maximum absolute atomic E-state index is 13.8. The zero-order chi connectivity index (χ0) is 23.6. The molecule has 0 aliphatic heterocycles. The zero-order valence-electron chi connectivity index (χ0n) is 18.2. The van der Waals surface area contributed by atoms with E-state index in [1.165, 1.54) is 6.07 Å². The predicted octanol–water partition coefficient (Wildman–Crippen LogP) is 4.35.